The largest absolute Gasteiger partial charge is 0.455 e. The van der Waals surface area contributed by atoms with Crippen molar-refractivity contribution >= 4 is 53.4 Å². The second-order valence-corrected chi connectivity index (χ2v) is 15.0. The van der Waals surface area contributed by atoms with E-state index in [0.717, 1.165) is 66.4 Å². The van der Waals surface area contributed by atoms with Gasteiger partial charge in [0.25, 0.3) is 0 Å². The minimum absolute atomic E-state index is 0.621. The molecule has 0 fully saturated rings. The van der Waals surface area contributed by atoms with Crippen LogP contribution in [0.4, 0.5) is 0 Å². The number of hydrogen-bond donors (Lipinski definition) is 0. The number of nitrogens with zero attached hydrogens (tertiary/aromatic N) is 3. The lowest BCUT2D eigenvalue weighted by molar-refractivity contribution is 0.670. The molecule has 0 bridgehead atoms. The van der Waals surface area contributed by atoms with Gasteiger partial charge in [-0.25, -0.2) is 15.0 Å². The summed E-state index contributed by atoms with van der Waals surface area (Å²) in [6.07, 6.45) is 0. The lowest BCUT2D eigenvalue weighted by Crippen LogP contribution is -2.00. The lowest BCUT2D eigenvalue weighted by Gasteiger charge is -2.11. The Bertz CT molecular complexity index is 3240. The predicted octanol–water partition coefficient (Wildman–Crippen LogP) is 14.1. The first kappa shape index (κ1) is 32.2. The van der Waals surface area contributed by atoms with Gasteiger partial charge in [-0.3, -0.25) is 0 Å². The van der Waals surface area contributed by atoms with E-state index in [1.165, 1.54) is 25.7 Å². The molecule has 0 saturated heterocycles. The highest BCUT2D eigenvalue weighted by Crippen LogP contribution is 2.46. The minimum Gasteiger partial charge on any atom is -0.455 e. The summed E-state index contributed by atoms with van der Waals surface area (Å²) in [6, 6.07) is 65.5. The Balaban J connectivity index is 1.04. The van der Waals surface area contributed by atoms with Crippen molar-refractivity contribution in [2.75, 3.05) is 0 Å². The Morgan fingerprint density at radius 3 is 1.68 bits per heavy atom. The first-order valence-corrected chi connectivity index (χ1v) is 19.5. The summed E-state index contributed by atoms with van der Waals surface area (Å²) >= 11 is 1.83. The SMILES string of the molecule is c1ccc(-c2cccc(-c3nc(-c4ccccc4)nc(-c4ccc(-c5ccc(-c6cccc7sc8ccccc8c67)c6oc7ccccc7c56)cc4)n3)c2)cc1. The van der Waals surface area contributed by atoms with E-state index < -0.39 is 0 Å². The molecule has 0 aliphatic rings. The summed E-state index contributed by atoms with van der Waals surface area (Å²) < 4.78 is 9.31. The van der Waals surface area contributed by atoms with E-state index in [1.54, 1.807) is 0 Å². The van der Waals surface area contributed by atoms with Crippen LogP contribution in [0.25, 0.3) is 110 Å². The van der Waals surface area contributed by atoms with Gasteiger partial charge < -0.3 is 4.42 Å². The highest BCUT2D eigenvalue weighted by molar-refractivity contribution is 7.25. The van der Waals surface area contributed by atoms with Gasteiger partial charge in [-0.1, -0.05) is 158 Å². The monoisotopic (exact) mass is 733 g/mol. The van der Waals surface area contributed by atoms with E-state index in [1.807, 2.05) is 53.8 Å². The number of aromatic nitrogens is 3. The van der Waals surface area contributed by atoms with Crippen LogP contribution in [0.15, 0.2) is 192 Å². The van der Waals surface area contributed by atoms with Gasteiger partial charge in [-0.2, -0.15) is 0 Å². The quantitative estimate of drug-likeness (QED) is 0.171. The zero-order chi connectivity index (χ0) is 37.0. The number of fused-ring (bicyclic) bond motifs is 6. The molecule has 262 valence electrons. The Morgan fingerprint density at radius 2 is 0.893 bits per heavy atom. The number of para-hydroxylation sites is 1. The van der Waals surface area contributed by atoms with Crippen LogP contribution in [0, 0.1) is 0 Å². The third-order valence-corrected chi connectivity index (χ3v) is 11.7. The summed E-state index contributed by atoms with van der Waals surface area (Å²) in [4.78, 5) is 15.1. The minimum atomic E-state index is 0.621. The van der Waals surface area contributed by atoms with Crippen LogP contribution >= 0.6 is 11.3 Å². The topological polar surface area (TPSA) is 51.8 Å². The van der Waals surface area contributed by atoms with Crippen molar-refractivity contribution in [1.29, 1.82) is 0 Å². The smallest absolute Gasteiger partial charge is 0.164 e. The van der Waals surface area contributed by atoms with E-state index >= 15 is 0 Å². The van der Waals surface area contributed by atoms with Gasteiger partial charge >= 0.3 is 0 Å². The molecule has 3 heterocycles. The van der Waals surface area contributed by atoms with E-state index in [2.05, 4.69) is 146 Å². The van der Waals surface area contributed by atoms with Gasteiger partial charge in [0.05, 0.1) is 0 Å². The number of furan rings is 1. The molecule has 0 N–H and O–H groups in total. The molecular weight excluding hydrogens is 703 g/mol. The molecule has 11 rings (SSSR count). The van der Waals surface area contributed by atoms with E-state index in [0.29, 0.717) is 17.5 Å². The van der Waals surface area contributed by atoms with Crippen molar-refractivity contribution in [3.63, 3.8) is 0 Å². The Hall–Kier alpha value is -7.21. The standard InChI is InChI=1S/C51H31N3OS/c1-3-13-32(14-4-1)36-17-11-18-37(31-36)51-53-49(34-15-5-2-6-16-34)52-50(54-51)35-27-25-33(26-28-35)38-29-30-40(48-47(38)41-19-7-9-22-43(41)55-48)39-21-12-24-45-46(39)42-20-8-10-23-44(42)56-45/h1-31H. The molecule has 0 aliphatic carbocycles. The maximum absolute atomic E-state index is 6.75. The summed E-state index contributed by atoms with van der Waals surface area (Å²) in [7, 11) is 0. The van der Waals surface area contributed by atoms with Crippen LogP contribution in [0.2, 0.25) is 0 Å². The van der Waals surface area contributed by atoms with E-state index in [9.17, 15) is 0 Å². The molecule has 0 spiro atoms. The maximum Gasteiger partial charge on any atom is 0.164 e. The molecule has 0 atom stereocenters. The van der Waals surface area contributed by atoms with E-state index in [-0.39, 0.29) is 0 Å². The van der Waals surface area contributed by atoms with E-state index in [4.69, 9.17) is 19.4 Å². The molecule has 0 unspecified atom stereocenters. The van der Waals surface area contributed by atoms with Crippen molar-refractivity contribution in [3.05, 3.63) is 188 Å². The second kappa shape index (κ2) is 13.3. The average Bonchev–Trinajstić information content (AvgIpc) is 3.86. The summed E-state index contributed by atoms with van der Waals surface area (Å²) in [5.74, 6) is 1.89. The van der Waals surface area contributed by atoms with Crippen LogP contribution < -0.4 is 0 Å². The molecule has 56 heavy (non-hydrogen) atoms. The fourth-order valence-corrected chi connectivity index (χ4v) is 9.03. The van der Waals surface area contributed by atoms with Crippen molar-refractivity contribution in [3.8, 4) is 67.5 Å². The highest BCUT2D eigenvalue weighted by atomic mass is 32.1. The van der Waals surface area contributed by atoms with Crippen LogP contribution in [0.3, 0.4) is 0 Å². The normalized spacial score (nSPS) is 11.6. The zero-order valence-electron chi connectivity index (χ0n) is 30.1. The fourth-order valence-electron chi connectivity index (χ4n) is 7.90. The summed E-state index contributed by atoms with van der Waals surface area (Å²) in [6.45, 7) is 0. The molecule has 0 amide bonds. The van der Waals surface area contributed by atoms with Crippen LogP contribution in [-0.4, -0.2) is 15.0 Å². The molecular formula is C51H31N3OS. The molecule has 0 radical (unpaired) electrons. The molecule has 11 aromatic rings. The maximum atomic E-state index is 6.75. The summed E-state index contributed by atoms with van der Waals surface area (Å²) in [5, 5.41) is 4.74. The number of rotatable bonds is 6. The molecule has 4 nitrogen and oxygen atoms in total. The summed E-state index contributed by atoms with van der Waals surface area (Å²) in [5.41, 5.74) is 11.3. The van der Waals surface area contributed by atoms with Crippen molar-refractivity contribution in [1.82, 2.24) is 15.0 Å². The van der Waals surface area contributed by atoms with Crippen LogP contribution in [0.1, 0.15) is 0 Å². The first-order chi connectivity index (χ1) is 27.7. The zero-order valence-corrected chi connectivity index (χ0v) is 30.9. The predicted molar refractivity (Wildman–Crippen MR) is 233 cm³/mol. The Morgan fingerprint density at radius 1 is 0.339 bits per heavy atom. The van der Waals surface area contributed by atoms with Crippen molar-refractivity contribution in [2.45, 2.75) is 0 Å². The second-order valence-electron chi connectivity index (χ2n) is 13.9. The Labute approximate surface area is 327 Å². The van der Waals surface area contributed by atoms with Gasteiger partial charge in [0.15, 0.2) is 17.5 Å². The van der Waals surface area contributed by atoms with Crippen LogP contribution in [0.5, 0.6) is 0 Å². The molecule has 3 aromatic heterocycles. The average molecular weight is 734 g/mol. The molecule has 0 aliphatic heterocycles. The molecule has 5 heteroatoms. The van der Waals surface area contributed by atoms with Gasteiger partial charge in [-0.05, 0) is 58.1 Å². The van der Waals surface area contributed by atoms with Crippen molar-refractivity contribution in [2.24, 2.45) is 0 Å². The molecule has 8 aromatic carbocycles. The van der Waals surface area contributed by atoms with Crippen LogP contribution in [-0.2, 0) is 0 Å². The lowest BCUT2D eigenvalue weighted by atomic mass is 9.92. The highest BCUT2D eigenvalue weighted by Gasteiger charge is 2.20. The van der Waals surface area contributed by atoms with Gasteiger partial charge in [0, 0.05) is 53.2 Å². The van der Waals surface area contributed by atoms with Gasteiger partial charge in [-0.15, -0.1) is 11.3 Å². The number of benzene rings is 8. The first-order valence-electron chi connectivity index (χ1n) is 18.7. The van der Waals surface area contributed by atoms with Gasteiger partial charge in [0.1, 0.15) is 11.2 Å². The van der Waals surface area contributed by atoms with Gasteiger partial charge in [0.2, 0.25) is 0 Å². The molecule has 0 saturated carbocycles. The number of thiophene rings is 1. The Kier molecular flexibility index (Phi) is 7.64. The fraction of sp³-hybridized carbons (Fsp3) is 0. The van der Waals surface area contributed by atoms with Crippen molar-refractivity contribution < 1.29 is 4.42 Å². The third kappa shape index (κ3) is 5.48. The number of hydrogen-bond acceptors (Lipinski definition) is 5. The third-order valence-electron chi connectivity index (χ3n) is 10.6.